The lowest BCUT2D eigenvalue weighted by atomic mass is 10.1. The van der Waals surface area contributed by atoms with Crippen molar-refractivity contribution in [1.29, 1.82) is 0 Å². The molecule has 0 bridgehead atoms. The van der Waals surface area contributed by atoms with Crippen LogP contribution < -0.4 is 0 Å². The molecule has 0 fully saturated rings. The van der Waals surface area contributed by atoms with Crippen LogP contribution in [0.5, 0.6) is 0 Å². The van der Waals surface area contributed by atoms with Crippen molar-refractivity contribution in [1.82, 2.24) is 9.78 Å². The topological polar surface area (TPSA) is 17.8 Å². The minimum absolute atomic E-state index is 0.368. The summed E-state index contributed by atoms with van der Waals surface area (Å²) in [6, 6.07) is 0.368. The molecule has 0 amide bonds. The van der Waals surface area contributed by atoms with E-state index in [0.29, 0.717) is 17.9 Å². The lowest BCUT2D eigenvalue weighted by molar-refractivity contribution is 0.491. The van der Waals surface area contributed by atoms with Gasteiger partial charge >= 0.3 is 0 Å². The molecule has 1 aromatic heterocycles. The molecule has 0 aliphatic rings. The number of aromatic nitrogens is 2. The van der Waals surface area contributed by atoms with Crippen molar-refractivity contribution in [2.24, 2.45) is 0 Å². The van der Waals surface area contributed by atoms with Crippen LogP contribution in [0.1, 0.15) is 70.8 Å². The second kappa shape index (κ2) is 4.56. The van der Waals surface area contributed by atoms with Crippen molar-refractivity contribution in [3.05, 3.63) is 16.4 Å². The second-order valence-electron chi connectivity index (χ2n) is 4.93. The molecule has 1 rings (SSSR count). The fourth-order valence-corrected chi connectivity index (χ4v) is 2.29. The molecule has 0 saturated heterocycles. The lowest BCUT2D eigenvalue weighted by Gasteiger charge is -2.13. The van der Waals surface area contributed by atoms with Crippen molar-refractivity contribution < 1.29 is 0 Å². The summed E-state index contributed by atoms with van der Waals surface area (Å²) in [5.41, 5.74) is 2.18. The van der Waals surface area contributed by atoms with E-state index in [1.807, 2.05) is 0 Å². The fourth-order valence-electron chi connectivity index (χ4n) is 1.73. The van der Waals surface area contributed by atoms with E-state index in [-0.39, 0.29) is 0 Å². The van der Waals surface area contributed by atoms with Gasteiger partial charge in [0.05, 0.1) is 16.4 Å². The summed E-state index contributed by atoms with van der Waals surface area (Å²) in [5, 5.41) is 5.47. The summed E-state index contributed by atoms with van der Waals surface area (Å²) < 4.78 is 2.06. The number of nitrogens with zero attached hydrogens (tertiary/aromatic N) is 2. The number of hydrogen-bond acceptors (Lipinski definition) is 1. The summed E-state index contributed by atoms with van der Waals surface area (Å²) >= 11 is 6.38. The first-order valence-electron chi connectivity index (χ1n) is 5.64. The molecule has 0 atom stereocenters. The highest BCUT2D eigenvalue weighted by atomic mass is 35.5. The Bertz CT molecular complexity index is 338. The third-order valence-electron chi connectivity index (χ3n) is 2.49. The molecule has 0 unspecified atom stereocenters. The average Bonchev–Trinajstić information content (AvgIpc) is 2.42. The zero-order valence-electron chi connectivity index (χ0n) is 10.5. The Morgan fingerprint density at radius 3 is 1.80 bits per heavy atom. The molecule has 15 heavy (non-hydrogen) atoms. The van der Waals surface area contributed by atoms with Crippen LogP contribution in [-0.2, 0) is 0 Å². The van der Waals surface area contributed by atoms with Gasteiger partial charge in [0.25, 0.3) is 0 Å². The van der Waals surface area contributed by atoms with Gasteiger partial charge < -0.3 is 0 Å². The van der Waals surface area contributed by atoms with Gasteiger partial charge in [-0.3, -0.25) is 4.68 Å². The average molecular weight is 229 g/mol. The molecule has 2 nitrogen and oxygen atoms in total. The molecule has 0 spiro atoms. The number of halogens is 1. The van der Waals surface area contributed by atoms with Crippen molar-refractivity contribution in [3.8, 4) is 0 Å². The van der Waals surface area contributed by atoms with Gasteiger partial charge in [0.2, 0.25) is 0 Å². The number of rotatable bonds is 3. The molecule has 0 aliphatic heterocycles. The maximum Gasteiger partial charge on any atom is 0.0855 e. The predicted molar refractivity (Wildman–Crippen MR) is 65.8 cm³/mol. The highest BCUT2D eigenvalue weighted by Crippen LogP contribution is 2.33. The van der Waals surface area contributed by atoms with Gasteiger partial charge in [-0.2, -0.15) is 5.10 Å². The largest absolute Gasteiger partial charge is 0.265 e. The maximum absolute atomic E-state index is 6.38. The van der Waals surface area contributed by atoms with Crippen LogP contribution in [0.3, 0.4) is 0 Å². The molecule has 1 aromatic rings. The van der Waals surface area contributed by atoms with Gasteiger partial charge in [0, 0.05) is 6.04 Å². The van der Waals surface area contributed by atoms with E-state index in [1.54, 1.807) is 0 Å². The van der Waals surface area contributed by atoms with Crippen molar-refractivity contribution in [3.63, 3.8) is 0 Å². The van der Waals surface area contributed by atoms with E-state index in [1.165, 1.54) is 0 Å². The van der Waals surface area contributed by atoms with Crippen LogP contribution in [0, 0.1) is 0 Å². The molecule has 0 radical (unpaired) electrons. The second-order valence-corrected chi connectivity index (χ2v) is 5.31. The molecular formula is C12H21ClN2. The molecule has 1 heterocycles. The Morgan fingerprint density at radius 1 is 1.00 bits per heavy atom. The van der Waals surface area contributed by atoms with Crippen molar-refractivity contribution >= 4 is 11.6 Å². The summed E-state index contributed by atoms with van der Waals surface area (Å²) in [6.07, 6.45) is 0. The van der Waals surface area contributed by atoms with Crippen LogP contribution in [0.4, 0.5) is 0 Å². The van der Waals surface area contributed by atoms with E-state index in [2.05, 4.69) is 51.3 Å². The van der Waals surface area contributed by atoms with E-state index in [0.717, 1.165) is 16.4 Å². The van der Waals surface area contributed by atoms with Crippen LogP contribution in [0.2, 0.25) is 5.02 Å². The van der Waals surface area contributed by atoms with Crippen molar-refractivity contribution in [2.45, 2.75) is 59.4 Å². The maximum atomic E-state index is 6.38. The van der Waals surface area contributed by atoms with Gasteiger partial charge in [-0.15, -0.1) is 0 Å². The molecule has 0 saturated carbocycles. The quantitative estimate of drug-likeness (QED) is 0.752. The molecule has 0 aromatic carbocycles. The smallest absolute Gasteiger partial charge is 0.0855 e. The van der Waals surface area contributed by atoms with Gasteiger partial charge in [-0.05, 0) is 25.7 Å². The van der Waals surface area contributed by atoms with Gasteiger partial charge in [0.15, 0.2) is 0 Å². The van der Waals surface area contributed by atoms with Crippen LogP contribution in [0.25, 0.3) is 0 Å². The van der Waals surface area contributed by atoms with Gasteiger partial charge in [-0.25, -0.2) is 0 Å². The Balaban J connectivity index is 3.33. The predicted octanol–water partition coefficient (Wildman–Crippen LogP) is 4.36. The first kappa shape index (κ1) is 12.6. The molecular weight excluding hydrogens is 208 g/mol. The highest BCUT2D eigenvalue weighted by Gasteiger charge is 2.21. The molecule has 0 N–H and O–H groups in total. The molecule has 3 heteroatoms. The zero-order chi connectivity index (χ0) is 11.7. The summed E-state index contributed by atoms with van der Waals surface area (Å²) in [6.45, 7) is 12.8. The van der Waals surface area contributed by atoms with Gasteiger partial charge in [-0.1, -0.05) is 39.3 Å². The Morgan fingerprint density at radius 2 is 1.53 bits per heavy atom. The third-order valence-corrected chi connectivity index (χ3v) is 2.88. The van der Waals surface area contributed by atoms with E-state index >= 15 is 0 Å². The monoisotopic (exact) mass is 228 g/mol. The van der Waals surface area contributed by atoms with Crippen LogP contribution >= 0.6 is 11.6 Å². The SMILES string of the molecule is CC(C)c1nn(C(C)C)c(C(C)C)c1Cl. The summed E-state index contributed by atoms with van der Waals surface area (Å²) in [5.74, 6) is 0.801. The summed E-state index contributed by atoms with van der Waals surface area (Å²) in [4.78, 5) is 0. The van der Waals surface area contributed by atoms with E-state index < -0.39 is 0 Å². The molecule has 0 aliphatic carbocycles. The minimum Gasteiger partial charge on any atom is -0.265 e. The van der Waals surface area contributed by atoms with E-state index in [9.17, 15) is 0 Å². The van der Waals surface area contributed by atoms with Crippen LogP contribution in [0.15, 0.2) is 0 Å². The van der Waals surface area contributed by atoms with Crippen LogP contribution in [-0.4, -0.2) is 9.78 Å². The number of hydrogen-bond donors (Lipinski definition) is 0. The normalized spacial score (nSPS) is 12.1. The Hall–Kier alpha value is -0.500. The lowest BCUT2D eigenvalue weighted by Crippen LogP contribution is -2.09. The summed E-state index contributed by atoms with van der Waals surface area (Å²) in [7, 11) is 0. The Kier molecular flexibility index (Phi) is 3.82. The van der Waals surface area contributed by atoms with E-state index in [4.69, 9.17) is 11.6 Å². The Labute approximate surface area is 97.6 Å². The highest BCUT2D eigenvalue weighted by molar-refractivity contribution is 6.32. The third kappa shape index (κ3) is 2.36. The molecule has 86 valence electrons. The minimum atomic E-state index is 0.368. The fraction of sp³-hybridized carbons (Fsp3) is 0.750. The first-order chi connectivity index (χ1) is 6.86. The van der Waals surface area contributed by atoms with Gasteiger partial charge in [0.1, 0.15) is 0 Å². The first-order valence-corrected chi connectivity index (χ1v) is 6.01. The standard InChI is InChI=1S/C12H21ClN2/c1-7(2)11-10(13)12(8(3)4)15(14-11)9(5)6/h7-9H,1-6H3. The zero-order valence-corrected chi connectivity index (χ0v) is 11.3. The van der Waals surface area contributed by atoms with Crippen molar-refractivity contribution in [2.75, 3.05) is 0 Å².